The zero-order valence-electron chi connectivity index (χ0n) is 23.7. The van der Waals surface area contributed by atoms with E-state index in [1.807, 2.05) is 13.3 Å². The highest BCUT2D eigenvalue weighted by Gasteiger charge is 2.34. The van der Waals surface area contributed by atoms with Crippen molar-refractivity contribution in [3.63, 3.8) is 0 Å². The van der Waals surface area contributed by atoms with Crippen molar-refractivity contribution in [3.8, 4) is 5.75 Å². The van der Waals surface area contributed by atoms with E-state index >= 15 is 0 Å². The molecule has 1 N–H and O–H groups in total. The fourth-order valence-corrected chi connectivity index (χ4v) is 7.32. The molecule has 4 rings (SSSR count). The molecule has 0 heterocycles. The molecule has 0 aromatic heterocycles. The van der Waals surface area contributed by atoms with Gasteiger partial charge < -0.3 is 5.11 Å². The van der Waals surface area contributed by atoms with Crippen LogP contribution in [-0.2, 0) is 18.0 Å². The van der Waals surface area contributed by atoms with Gasteiger partial charge in [-0.25, -0.2) is 0 Å². The molecule has 2 atom stereocenters. The molecule has 0 aliphatic rings. The van der Waals surface area contributed by atoms with E-state index in [1.165, 1.54) is 40.4 Å². The first kappa shape index (κ1) is 28.8. The largest absolute Gasteiger partial charge is 0.507 e. The SMILES string of the molecule is CCCCCC(CC)(Pc1ccccc1/C=N/C)c1cc(Cc2ccccc2)cc(Cc2ccccc2)c1O. The van der Waals surface area contributed by atoms with Crippen molar-refractivity contribution in [3.05, 3.63) is 130 Å². The van der Waals surface area contributed by atoms with Crippen molar-refractivity contribution in [1.29, 1.82) is 0 Å². The van der Waals surface area contributed by atoms with E-state index in [2.05, 4.69) is 116 Å². The van der Waals surface area contributed by atoms with Gasteiger partial charge in [-0.1, -0.05) is 139 Å². The Bertz CT molecular complexity index is 1350. The smallest absolute Gasteiger partial charge is 0.123 e. The van der Waals surface area contributed by atoms with Crippen LogP contribution in [-0.4, -0.2) is 18.4 Å². The summed E-state index contributed by atoms with van der Waals surface area (Å²) in [5, 5.41) is 13.2. The molecule has 0 aliphatic carbocycles. The number of aliphatic imine (C=N–C) groups is 1. The molecule has 39 heavy (non-hydrogen) atoms. The Balaban J connectivity index is 1.86. The Labute approximate surface area is 237 Å². The van der Waals surface area contributed by atoms with Crippen molar-refractivity contribution in [1.82, 2.24) is 0 Å². The first-order chi connectivity index (χ1) is 19.1. The fraction of sp³-hybridized carbons (Fsp3) is 0.306. The highest BCUT2D eigenvalue weighted by molar-refractivity contribution is 7.48. The molecule has 4 aromatic rings. The number of benzene rings is 4. The van der Waals surface area contributed by atoms with E-state index < -0.39 is 0 Å². The first-order valence-corrected chi connectivity index (χ1v) is 15.3. The summed E-state index contributed by atoms with van der Waals surface area (Å²) in [6, 6.07) is 34.4. The highest BCUT2D eigenvalue weighted by Crippen LogP contribution is 2.52. The zero-order chi connectivity index (χ0) is 27.5. The van der Waals surface area contributed by atoms with Crippen LogP contribution in [0.15, 0.2) is 102 Å². The minimum Gasteiger partial charge on any atom is -0.507 e. The molecule has 2 unspecified atom stereocenters. The summed E-state index contributed by atoms with van der Waals surface area (Å²) < 4.78 is 0. The second kappa shape index (κ2) is 14.2. The van der Waals surface area contributed by atoms with Crippen LogP contribution in [0.1, 0.15) is 79.3 Å². The van der Waals surface area contributed by atoms with Gasteiger partial charge in [0.25, 0.3) is 0 Å². The molecule has 2 nitrogen and oxygen atoms in total. The van der Waals surface area contributed by atoms with E-state index in [0.29, 0.717) is 14.3 Å². The van der Waals surface area contributed by atoms with Gasteiger partial charge in [-0.2, -0.15) is 0 Å². The lowest BCUT2D eigenvalue weighted by Gasteiger charge is -2.36. The van der Waals surface area contributed by atoms with Gasteiger partial charge in [0.2, 0.25) is 0 Å². The maximum Gasteiger partial charge on any atom is 0.123 e. The first-order valence-electron chi connectivity index (χ1n) is 14.3. The van der Waals surface area contributed by atoms with Gasteiger partial charge in [-0.3, -0.25) is 4.99 Å². The maximum absolute atomic E-state index is 12.0. The summed E-state index contributed by atoms with van der Waals surface area (Å²) in [5.41, 5.74) is 7.08. The molecule has 4 aromatic carbocycles. The van der Waals surface area contributed by atoms with Gasteiger partial charge in [-0.05, 0) is 52.4 Å². The normalized spacial score (nSPS) is 13.3. The van der Waals surface area contributed by atoms with E-state index in [-0.39, 0.29) is 5.16 Å². The Morgan fingerprint density at radius 3 is 2.05 bits per heavy atom. The molecule has 0 amide bonds. The summed E-state index contributed by atoms with van der Waals surface area (Å²) in [6.07, 6.45) is 9.11. The van der Waals surface area contributed by atoms with E-state index in [4.69, 9.17) is 0 Å². The van der Waals surface area contributed by atoms with E-state index in [0.717, 1.165) is 43.2 Å². The summed E-state index contributed by atoms with van der Waals surface area (Å²) in [6.45, 7) is 4.56. The second-order valence-corrected chi connectivity index (χ2v) is 12.2. The third kappa shape index (κ3) is 7.46. The summed E-state index contributed by atoms with van der Waals surface area (Å²) in [5.74, 6) is 0.475. The lowest BCUT2D eigenvalue weighted by Crippen LogP contribution is -2.25. The van der Waals surface area contributed by atoms with Crippen molar-refractivity contribution < 1.29 is 5.11 Å². The van der Waals surface area contributed by atoms with Crippen LogP contribution >= 0.6 is 8.58 Å². The Morgan fingerprint density at radius 2 is 1.41 bits per heavy atom. The third-order valence-electron chi connectivity index (χ3n) is 7.67. The van der Waals surface area contributed by atoms with Gasteiger partial charge in [0.05, 0.1) is 0 Å². The van der Waals surface area contributed by atoms with Gasteiger partial charge >= 0.3 is 0 Å². The lowest BCUT2D eigenvalue weighted by atomic mass is 9.85. The van der Waals surface area contributed by atoms with Crippen LogP contribution in [0.2, 0.25) is 0 Å². The van der Waals surface area contributed by atoms with Gasteiger partial charge in [0.1, 0.15) is 5.75 Å². The minimum absolute atomic E-state index is 0.144. The number of phenolic OH excluding ortho intramolecular Hbond substituents is 1. The predicted octanol–water partition coefficient (Wildman–Crippen LogP) is 8.81. The van der Waals surface area contributed by atoms with Crippen LogP contribution in [0.5, 0.6) is 5.75 Å². The predicted molar refractivity (Wildman–Crippen MR) is 171 cm³/mol. The standard InChI is InChI=1S/C36H42NOP/c1-4-6-15-22-36(5-2,39-34-21-14-13-20-31(34)27-37-3)33-26-30(23-28-16-9-7-10-17-28)25-32(35(33)38)24-29-18-11-8-12-19-29/h7-14,16-21,25-27,38-39H,4-6,15,22-24H2,1-3H3/b37-27+. The summed E-state index contributed by atoms with van der Waals surface area (Å²) in [7, 11) is 2.37. The van der Waals surface area contributed by atoms with Gasteiger partial charge in [0.15, 0.2) is 0 Å². The van der Waals surface area contributed by atoms with Crippen molar-refractivity contribution in [2.45, 2.75) is 63.9 Å². The van der Waals surface area contributed by atoms with Crippen LogP contribution in [0.3, 0.4) is 0 Å². The van der Waals surface area contributed by atoms with Crippen LogP contribution in [0.25, 0.3) is 0 Å². The molecule has 0 spiro atoms. The molecule has 0 aliphatic heterocycles. The number of phenols is 1. The average Bonchev–Trinajstić information content (AvgIpc) is 2.96. The maximum atomic E-state index is 12.0. The quantitative estimate of drug-likeness (QED) is 0.104. The van der Waals surface area contributed by atoms with Gasteiger partial charge in [0, 0.05) is 30.4 Å². The van der Waals surface area contributed by atoms with Crippen molar-refractivity contribution >= 4 is 20.1 Å². The molecule has 0 fully saturated rings. The van der Waals surface area contributed by atoms with Crippen molar-refractivity contribution in [2.75, 3.05) is 7.05 Å². The van der Waals surface area contributed by atoms with E-state index in [1.54, 1.807) is 0 Å². The molecular weight excluding hydrogens is 493 g/mol. The Kier molecular flexibility index (Phi) is 10.5. The molecule has 0 bridgehead atoms. The average molecular weight is 536 g/mol. The van der Waals surface area contributed by atoms with E-state index in [9.17, 15) is 5.11 Å². The van der Waals surface area contributed by atoms with Crippen LogP contribution in [0.4, 0.5) is 0 Å². The topological polar surface area (TPSA) is 32.6 Å². The molecular formula is C36H42NOP. The number of nitrogens with zero attached hydrogens (tertiary/aromatic N) is 1. The summed E-state index contributed by atoms with van der Waals surface area (Å²) in [4.78, 5) is 4.34. The Morgan fingerprint density at radius 1 is 0.769 bits per heavy atom. The van der Waals surface area contributed by atoms with Crippen LogP contribution in [0, 0.1) is 0 Å². The zero-order valence-corrected chi connectivity index (χ0v) is 24.7. The summed E-state index contributed by atoms with van der Waals surface area (Å²) >= 11 is 0. The van der Waals surface area contributed by atoms with Crippen molar-refractivity contribution in [2.24, 2.45) is 4.99 Å². The van der Waals surface area contributed by atoms with Crippen LogP contribution < -0.4 is 5.30 Å². The molecule has 202 valence electrons. The molecule has 0 radical (unpaired) electrons. The second-order valence-electron chi connectivity index (χ2n) is 10.5. The monoisotopic (exact) mass is 535 g/mol. The number of unbranched alkanes of at least 4 members (excludes halogenated alkanes) is 2. The number of hydrogen-bond acceptors (Lipinski definition) is 2. The highest BCUT2D eigenvalue weighted by atomic mass is 31.1. The molecule has 3 heteroatoms. The van der Waals surface area contributed by atoms with Gasteiger partial charge in [-0.15, -0.1) is 0 Å². The number of hydrogen-bond donors (Lipinski definition) is 1. The minimum atomic E-state index is -0.144. The third-order valence-corrected chi connectivity index (χ3v) is 9.74. The molecule has 0 saturated heterocycles. The number of rotatable bonds is 13. The fourth-order valence-electron chi connectivity index (χ4n) is 5.53. The lowest BCUT2D eigenvalue weighted by molar-refractivity contribution is 0.432. The molecule has 0 saturated carbocycles. The number of aromatic hydroxyl groups is 1. The Hall–Kier alpha value is -3.22.